The average molecular weight is 423 g/mol. The van der Waals surface area contributed by atoms with Gasteiger partial charge < -0.3 is 24.9 Å². The minimum Gasteiger partial charge on any atom is -0.467 e. The highest BCUT2D eigenvalue weighted by molar-refractivity contribution is 6.02. The van der Waals surface area contributed by atoms with Crippen LogP contribution in [0.2, 0.25) is 0 Å². The van der Waals surface area contributed by atoms with E-state index >= 15 is 0 Å². The molecule has 0 bridgehead atoms. The fourth-order valence-corrected chi connectivity index (χ4v) is 2.69. The van der Waals surface area contributed by atoms with Crippen molar-refractivity contribution < 1.29 is 14.0 Å². The minimum atomic E-state index is -0.493. The first-order chi connectivity index (χ1) is 14.8. The second-order valence-electron chi connectivity index (χ2n) is 6.63. The predicted octanol–water partition coefficient (Wildman–Crippen LogP) is 1.65. The standard InChI is InChI=1S/C21H21N5O5/c1-25-13-14(19(28)26(2)21(25)30)5-10-18(27)23-15-6-8-16(9-7-15)24-20(29)22-12-17-4-3-11-31-17/h3-11,13H,12H2,1-2H3,(H,23,27)(H2,22,24,29)/b10-5+. The third-order valence-electron chi connectivity index (χ3n) is 4.30. The van der Waals surface area contributed by atoms with Crippen molar-refractivity contribution in [1.29, 1.82) is 0 Å². The van der Waals surface area contributed by atoms with Gasteiger partial charge in [0.05, 0.1) is 18.4 Å². The van der Waals surface area contributed by atoms with Gasteiger partial charge in [-0.1, -0.05) is 0 Å². The van der Waals surface area contributed by atoms with Crippen molar-refractivity contribution in [3.8, 4) is 0 Å². The summed E-state index contributed by atoms with van der Waals surface area (Å²) in [6, 6.07) is 9.61. The summed E-state index contributed by atoms with van der Waals surface area (Å²) in [5.41, 5.74) is 0.312. The molecule has 2 aromatic heterocycles. The molecule has 0 fully saturated rings. The highest BCUT2D eigenvalue weighted by Gasteiger charge is 2.06. The van der Waals surface area contributed by atoms with Crippen LogP contribution in [0.3, 0.4) is 0 Å². The molecule has 160 valence electrons. The zero-order valence-electron chi connectivity index (χ0n) is 16.9. The molecule has 0 aliphatic carbocycles. The van der Waals surface area contributed by atoms with Crippen LogP contribution < -0.4 is 27.2 Å². The SMILES string of the molecule is Cn1cc(/C=C/C(=O)Nc2ccc(NC(=O)NCc3ccco3)cc2)c(=O)n(C)c1=O. The predicted molar refractivity (Wildman–Crippen MR) is 116 cm³/mol. The summed E-state index contributed by atoms with van der Waals surface area (Å²) in [7, 11) is 2.89. The maximum Gasteiger partial charge on any atom is 0.330 e. The third kappa shape index (κ3) is 5.60. The molecule has 0 saturated heterocycles. The molecule has 10 heteroatoms. The van der Waals surface area contributed by atoms with E-state index in [1.807, 2.05) is 0 Å². The first-order valence-electron chi connectivity index (χ1n) is 9.26. The highest BCUT2D eigenvalue weighted by atomic mass is 16.3. The molecule has 0 aliphatic heterocycles. The molecule has 0 saturated carbocycles. The number of aryl methyl sites for hydroxylation is 1. The van der Waals surface area contributed by atoms with Crippen LogP contribution in [0.15, 0.2) is 68.9 Å². The van der Waals surface area contributed by atoms with Gasteiger partial charge in [0.2, 0.25) is 5.91 Å². The number of urea groups is 1. The lowest BCUT2D eigenvalue weighted by Gasteiger charge is -2.08. The lowest BCUT2D eigenvalue weighted by molar-refractivity contribution is -0.111. The second kappa shape index (κ2) is 9.44. The van der Waals surface area contributed by atoms with Crippen LogP contribution in [0.25, 0.3) is 6.08 Å². The fraction of sp³-hybridized carbons (Fsp3) is 0.143. The number of rotatable bonds is 6. The van der Waals surface area contributed by atoms with Gasteiger partial charge in [-0.15, -0.1) is 0 Å². The van der Waals surface area contributed by atoms with E-state index in [0.717, 1.165) is 4.57 Å². The van der Waals surface area contributed by atoms with Gasteiger partial charge >= 0.3 is 11.7 Å². The van der Waals surface area contributed by atoms with E-state index in [1.165, 1.54) is 43.3 Å². The molecule has 3 rings (SSSR count). The van der Waals surface area contributed by atoms with E-state index in [2.05, 4.69) is 16.0 Å². The lowest BCUT2D eigenvalue weighted by Crippen LogP contribution is -2.37. The lowest BCUT2D eigenvalue weighted by atomic mass is 10.2. The smallest absolute Gasteiger partial charge is 0.330 e. The highest BCUT2D eigenvalue weighted by Crippen LogP contribution is 2.13. The monoisotopic (exact) mass is 423 g/mol. The Hall–Kier alpha value is -4.34. The molecule has 3 N–H and O–H groups in total. The van der Waals surface area contributed by atoms with Gasteiger partial charge in [0, 0.05) is 37.7 Å². The van der Waals surface area contributed by atoms with Gasteiger partial charge in [-0.2, -0.15) is 0 Å². The number of carbonyl (C=O) groups is 2. The number of nitrogens with zero attached hydrogens (tertiary/aromatic N) is 2. The van der Waals surface area contributed by atoms with Crippen molar-refractivity contribution >= 4 is 29.4 Å². The molecule has 1 aromatic carbocycles. The summed E-state index contributed by atoms with van der Waals surface area (Å²) in [6.07, 6.45) is 5.44. The number of anilines is 2. The van der Waals surface area contributed by atoms with Crippen molar-refractivity contribution in [2.45, 2.75) is 6.54 Å². The largest absolute Gasteiger partial charge is 0.467 e. The van der Waals surface area contributed by atoms with E-state index in [9.17, 15) is 19.2 Å². The molecule has 3 amide bonds. The Morgan fingerprint density at radius 3 is 2.35 bits per heavy atom. The zero-order chi connectivity index (χ0) is 22.4. The van der Waals surface area contributed by atoms with E-state index in [0.29, 0.717) is 17.1 Å². The molecular formula is C21H21N5O5. The first kappa shape index (κ1) is 21.4. The number of hydrogen-bond donors (Lipinski definition) is 3. The Morgan fingerprint density at radius 1 is 1.03 bits per heavy atom. The van der Waals surface area contributed by atoms with Crippen LogP contribution in [-0.2, 0) is 25.4 Å². The van der Waals surface area contributed by atoms with Crippen molar-refractivity contribution in [3.05, 3.63) is 87.1 Å². The van der Waals surface area contributed by atoms with Gasteiger partial charge in [0.1, 0.15) is 5.76 Å². The summed E-state index contributed by atoms with van der Waals surface area (Å²) < 4.78 is 7.36. The van der Waals surface area contributed by atoms with Crippen molar-refractivity contribution in [2.75, 3.05) is 10.6 Å². The number of amides is 3. The molecule has 0 aliphatic rings. The fourth-order valence-electron chi connectivity index (χ4n) is 2.69. The van der Waals surface area contributed by atoms with Crippen LogP contribution in [0.1, 0.15) is 11.3 Å². The number of aromatic nitrogens is 2. The molecule has 31 heavy (non-hydrogen) atoms. The van der Waals surface area contributed by atoms with Gasteiger partial charge in [0.15, 0.2) is 0 Å². The van der Waals surface area contributed by atoms with Crippen LogP contribution in [0, 0.1) is 0 Å². The van der Waals surface area contributed by atoms with Crippen molar-refractivity contribution in [2.24, 2.45) is 14.1 Å². The molecule has 0 spiro atoms. The summed E-state index contributed by atoms with van der Waals surface area (Å²) in [6.45, 7) is 0.262. The topological polar surface area (TPSA) is 127 Å². The van der Waals surface area contributed by atoms with Crippen molar-refractivity contribution in [3.63, 3.8) is 0 Å². The number of nitrogens with one attached hydrogen (secondary N) is 3. The Bertz CT molecular complexity index is 1220. The van der Waals surface area contributed by atoms with Crippen LogP contribution >= 0.6 is 0 Å². The Balaban J connectivity index is 1.55. The van der Waals surface area contributed by atoms with E-state index < -0.39 is 23.2 Å². The van der Waals surface area contributed by atoms with Crippen LogP contribution in [-0.4, -0.2) is 21.1 Å². The second-order valence-corrected chi connectivity index (χ2v) is 6.63. The van der Waals surface area contributed by atoms with Crippen LogP contribution in [0.5, 0.6) is 0 Å². The number of furan rings is 1. The molecular weight excluding hydrogens is 402 g/mol. The molecule has 2 heterocycles. The van der Waals surface area contributed by atoms with Crippen molar-refractivity contribution in [1.82, 2.24) is 14.5 Å². The molecule has 0 unspecified atom stereocenters. The Morgan fingerprint density at radius 2 is 1.71 bits per heavy atom. The Labute approximate surface area is 176 Å². The quantitative estimate of drug-likeness (QED) is 0.520. The van der Waals surface area contributed by atoms with Gasteiger partial charge in [-0.05, 0) is 42.5 Å². The first-order valence-corrected chi connectivity index (χ1v) is 9.26. The summed E-state index contributed by atoms with van der Waals surface area (Å²) in [5.74, 6) is 0.185. The number of hydrogen-bond acceptors (Lipinski definition) is 5. The van der Waals surface area contributed by atoms with E-state index in [4.69, 9.17) is 4.42 Å². The zero-order valence-corrected chi connectivity index (χ0v) is 16.9. The molecule has 0 atom stereocenters. The van der Waals surface area contributed by atoms with E-state index in [1.54, 1.807) is 36.4 Å². The molecule has 10 nitrogen and oxygen atoms in total. The molecule has 0 radical (unpaired) electrons. The maximum atomic E-state index is 12.1. The summed E-state index contributed by atoms with van der Waals surface area (Å²) in [5, 5.41) is 7.98. The van der Waals surface area contributed by atoms with Crippen LogP contribution in [0.4, 0.5) is 16.2 Å². The maximum absolute atomic E-state index is 12.1. The summed E-state index contributed by atoms with van der Waals surface area (Å²) in [4.78, 5) is 47.8. The van der Waals surface area contributed by atoms with Gasteiger partial charge in [0.25, 0.3) is 5.56 Å². The minimum absolute atomic E-state index is 0.208. The number of carbonyl (C=O) groups excluding carboxylic acids is 2. The Kier molecular flexibility index (Phi) is 6.51. The van der Waals surface area contributed by atoms with Gasteiger partial charge in [-0.25, -0.2) is 9.59 Å². The van der Waals surface area contributed by atoms with Gasteiger partial charge in [-0.3, -0.25) is 14.2 Å². The molecule has 3 aromatic rings. The number of benzene rings is 1. The normalized spacial score (nSPS) is 10.8. The summed E-state index contributed by atoms with van der Waals surface area (Å²) >= 11 is 0. The average Bonchev–Trinajstić information content (AvgIpc) is 3.27. The van der Waals surface area contributed by atoms with E-state index in [-0.39, 0.29) is 12.1 Å². The third-order valence-corrected chi connectivity index (χ3v) is 4.30.